The summed E-state index contributed by atoms with van der Waals surface area (Å²) in [6.45, 7) is 5.98. The predicted octanol–water partition coefficient (Wildman–Crippen LogP) is 5.30. The largest absolute Gasteiger partial charge is 0.288 e. The molecule has 0 saturated carbocycles. The van der Waals surface area contributed by atoms with Crippen LogP contribution < -0.4 is 5.56 Å². The Morgan fingerprint density at radius 1 is 1.00 bits per heavy atom. The summed E-state index contributed by atoms with van der Waals surface area (Å²) in [5.74, 6) is 1.22. The molecule has 0 aliphatic carbocycles. The number of rotatable bonds is 4. The zero-order chi connectivity index (χ0) is 22.4. The van der Waals surface area contributed by atoms with Crippen LogP contribution in [0.25, 0.3) is 22.4 Å². The third kappa shape index (κ3) is 3.67. The van der Waals surface area contributed by atoms with Gasteiger partial charge in [-0.3, -0.25) is 13.8 Å². The fraction of sp³-hybridized carbons (Fsp3) is 0.167. The molecule has 5 rings (SSSR count). The molecule has 0 aliphatic rings. The van der Waals surface area contributed by atoms with Gasteiger partial charge in [0, 0.05) is 28.4 Å². The Bertz CT molecular complexity index is 1560. The third-order valence-electron chi connectivity index (χ3n) is 5.32. The molecule has 0 bridgehead atoms. The summed E-state index contributed by atoms with van der Waals surface area (Å²) in [4.78, 5) is 27.5. The molecule has 160 valence electrons. The van der Waals surface area contributed by atoms with Gasteiger partial charge in [0.05, 0.1) is 22.3 Å². The second-order valence-electron chi connectivity index (χ2n) is 7.71. The van der Waals surface area contributed by atoms with Gasteiger partial charge in [0.15, 0.2) is 5.16 Å². The Morgan fingerprint density at radius 3 is 2.62 bits per heavy atom. The molecule has 0 fully saturated rings. The first-order chi connectivity index (χ1) is 15.4. The van der Waals surface area contributed by atoms with Gasteiger partial charge >= 0.3 is 0 Å². The van der Waals surface area contributed by atoms with Crippen LogP contribution in [0.3, 0.4) is 0 Å². The van der Waals surface area contributed by atoms with Crippen LogP contribution in [-0.4, -0.2) is 23.9 Å². The van der Waals surface area contributed by atoms with E-state index in [1.54, 1.807) is 22.8 Å². The molecule has 0 aliphatic heterocycles. The number of hydrogen-bond donors (Lipinski definition) is 0. The van der Waals surface area contributed by atoms with E-state index in [4.69, 9.17) is 16.6 Å². The number of imidazole rings is 1. The molecule has 2 aromatic carbocycles. The predicted molar refractivity (Wildman–Crippen MR) is 129 cm³/mol. The lowest BCUT2D eigenvalue weighted by Gasteiger charge is -2.15. The van der Waals surface area contributed by atoms with Crippen LogP contribution in [0.1, 0.15) is 22.6 Å². The van der Waals surface area contributed by atoms with Gasteiger partial charge in [-0.05, 0) is 56.7 Å². The van der Waals surface area contributed by atoms with Gasteiger partial charge in [0.1, 0.15) is 0 Å². The van der Waals surface area contributed by atoms with Gasteiger partial charge in [0.25, 0.3) is 5.56 Å². The number of benzene rings is 2. The van der Waals surface area contributed by atoms with Crippen molar-refractivity contribution in [1.82, 2.24) is 23.9 Å². The first kappa shape index (κ1) is 20.7. The number of aryl methyl sites for hydroxylation is 3. The minimum atomic E-state index is -0.119. The van der Waals surface area contributed by atoms with Crippen molar-refractivity contribution in [3.05, 3.63) is 92.7 Å². The summed E-state index contributed by atoms with van der Waals surface area (Å²) in [6, 6.07) is 15.0. The fourth-order valence-corrected chi connectivity index (χ4v) is 4.84. The van der Waals surface area contributed by atoms with Crippen molar-refractivity contribution in [1.29, 1.82) is 0 Å². The van der Waals surface area contributed by atoms with Gasteiger partial charge < -0.3 is 0 Å². The van der Waals surface area contributed by atoms with Crippen LogP contribution >= 0.6 is 23.4 Å². The Labute approximate surface area is 193 Å². The number of para-hydroxylation sites is 1. The molecular formula is C24H20ClN5OS. The second kappa shape index (κ2) is 8.07. The lowest BCUT2D eigenvalue weighted by molar-refractivity contribution is 0.814. The third-order valence-corrected chi connectivity index (χ3v) is 6.52. The number of halogens is 1. The standard InChI is InChI=1S/C24H20ClN5OS/c1-14-6-4-5-7-21(14)30-22(31)19-9-8-17(25)11-20(19)28-24(30)32-13-18-12-29-16(3)10-15(2)26-23(29)27-18/h4-12H,13H2,1-3H3. The minimum Gasteiger partial charge on any atom is -0.288 e. The summed E-state index contributed by atoms with van der Waals surface area (Å²) in [5.41, 5.74) is 5.15. The molecule has 0 unspecified atom stereocenters. The summed E-state index contributed by atoms with van der Waals surface area (Å²) in [5, 5.41) is 1.67. The van der Waals surface area contributed by atoms with Crippen LogP contribution in [0.2, 0.25) is 5.02 Å². The van der Waals surface area contributed by atoms with E-state index in [0.717, 1.165) is 28.3 Å². The molecule has 5 aromatic rings. The molecule has 0 N–H and O–H groups in total. The topological polar surface area (TPSA) is 65.1 Å². The van der Waals surface area contributed by atoms with Crippen molar-refractivity contribution in [2.24, 2.45) is 0 Å². The van der Waals surface area contributed by atoms with E-state index in [0.29, 0.717) is 32.6 Å². The molecule has 0 amide bonds. The zero-order valence-electron chi connectivity index (χ0n) is 17.8. The van der Waals surface area contributed by atoms with Crippen LogP contribution in [0.15, 0.2) is 64.7 Å². The highest BCUT2D eigenvalue weighted by molar-refractivity contribution is 7.98. The summed E-state index contributed by atoms with van der Waals surface area (Å²) < 4.78 is 3.66. The van der Waals surface area contributed by atoms with E-state index in [1.165, 1.54) is 11.8 Å². The fourth-order valence-electron chi connectivity index (χ4n) is 3.79. The Balaban J connectivity index is 1.62. The first-order valence-electron chi connectivity index (χ1n) is 10.1. The van der Waals surface area contributed by atoms with Crippen LogP contribution in [0.4, 0.5) is 0 Å². The van der Waals surface area contributed by atoms with Crippen LogP contribution in [0.5, 0.6) is 0 Å². The molecule has 0 atom stereocenters. The molecule has 0 radical (unpaired) electrons. The molecule has 32 heavy (non-hydrogen) atoms. The van der Waals surface area contributed by atoms with Gasteiger partial charge in [-0.15, -0.1) is 0 Å². The van der Waals surface area contributed by atoms with Crippen molar-refractivity contribution in [2.75, 3.05) is 0 Å². The van der Waals surface area contributed by atoms with E-state index in [1.807, 2.05) is 61.7 Å². The van der Waals surface area contributed by atoms with Crippen molar-refractivity contribution < 1.29 is 0 Å². The highest BCUT2D eigenvalue weighted by Gasteiger charge is 2.16. The maximum absolute atomic E-state index is 13.5. The van der Waals surface area contributed by atoms with Gasteiger partial charge in [-0.1, -0.05) is 41.6 Å². The van der Waals surface area contributed by atoms with E-state index in [9.17, 15) is 4.79 Å². The molecule has 8 heteroatoms. The minimum absolute atomic E-state index is 0.119. The van der Waals surface area contributed by atoms with Gasteiger partial charge in [-0.2, -0.15) is 0 Å². The lowest BCUT2D eigenvalue weighted by Crippen LogP contribution is -2.22. The van der Waals surface area contributed by atoms with E-state index < -0.39 is 0 Å². The maximum Gasteiger partial charge on any atom is 0.266 e. The molecular weight excluding hydrogens is 442 g/mol. The molecule has 6 nitrogen and oxygen atoms in total. The normalized spacial score (nSPS) is 11.5. The smallest absolute Gasteiger partial charge is 0.266 e. The lowest BCUT2D eigenvalue weighted by atomic mass is 10.2. The number of nitrogens with zero attached hydrogens (tertiary/aromatic N) is 5. The molecule has 0 saturated heterocycles. The van der Waals surface area contributed by atoms with E-state index in [2.05, 4.69) is 9.97 Å². The Kier molecular flexibility index (Phi) is 5.23. The van der Waals surface area contributed by atoms with E-state index >= 15 is 0 Å². The van der Waals surface area contributed by atoms with Crippen molar-refractivity contribution in [2.45, 2.75) is 31.7 Å². The highest BCUT2D eigenvalue weighted by Crippen LogP contribution is 2.27. The van der Waals surface area contributed by atoms with Crippen molar-refractivity contribution in [3.63, 3.8) is 0 Å². The average Bonchev–Trinajstić information content (AvgIpc) is 3.16. The van der Waals surface area contributed by atoms with Crippen LogP contribution in [-0.2, 0) is 5.75 Å². The van der Waals surface area contributed by atoms with Crippen molar-refractivity contribution >= 4 is 40.0 Å². The molecule has 3 aromatic heterocycles. The number of fused-ring (bicyclic) bond motifs is 2. The SMILES string of the molecule is Cc1cc(C)n2cc(CSc3nc4cc(Cl)ccc4c(=O)n3-c3ccccc3C)nc2n1. The summed E-state index contributed by atoms with van der Waals surface area (Å²) in [7, 11) is 0. The van der Waals surface area contributed by atoms with Gasteiger partial charge in [-0.25, -0.2) is 15.0 Å². The summed E-state index contributed by atoms with van der Waals surface area (Å²) in [6.07, 6.45) is 1.98. The highest BCUT2D eigenvalue weighted by atomic mass is 35.5. The molecule has 0 spiro atoms. The number of hydrogen-bond acceptors (Lipinski definition) is 5. The number of thioether (sulfide) groups is 1. The Morgan fingerprint density at radius 2 is 1.81 bits per heavy atom. The maximum atomic E-state index is 13.5. The van der Waals surface area contributed by atoms with Crippen molar-refractivity contribution in [3.8, 4) is 5.69 Å². The monoisotopic (exact) mass is 461 g/mol. The second-order valence-corrected chi connectivity index (χ2v) is 9.09. The van der Waals surface area contributed by atoms with Crippen LogP contribution in [0, 0.1) is 20.8 Å². The number of aromatic nitrogens is 5. The zero-order valence-corrected chi connectivity index (χ0v) is 19.4. The van der Waals surface area contributed by atoms with Gasteiger partial charge in [0.2, 0.25) is 5.78 Å². The Hall–Kier alpha value is -3.16. The quantitative estimate of drug-likeness (QED) is 0.268. The summed E-state index contributed by atoms with van der Waals surface area (Å²) >= 11 is 7.64. The average molecular weight is 462 g/mol. The van der Waals surface area contributed by atoms with E-state index in [-0.39, 0.29) is 5.56 Å². The first-order valence-corrected chi connectivity index (χ1v) is 11.5. The molecule has 3 heterocycles.